The highest BCUT2D eigenvalue weighted by Crippen LogP contribution is 2.12. The number of hydrogen-bond donors (Lipinski definition) is 2. The molecule has 0 fully saturated rings. The van der Waals surface area contributed by atoms with E-state index in [0.29, 0.717) is 0 Å². The third kappa shape index (κ3) is 5.94. The molecule has 29 heavy (non-hydrogen) atoms. The van der Waals surface area contributed by atoms with E-state index in [9.17, 15) is 14.4 Å². The zero-order valence-corrected chi connectivity index (χ0v) is 17.8. The Morgan fingerprint density at radius 2 is 1.59 bits per heavy atom. The number of methoxy groups -OCH3 is 1. The van der Waals surface area contributed by atoms with Gasteiger partial charge in [0.15, 0.2) is 0 Å². The summed E-state index contributed by atoms with van der Waals surface area (Å²) in [6.45, 7) is 9.57. The van der Waals surface area contributed by atoms with E-state index in [1.807, 2.05) is 46.8 Å². The largest absolute Gasteiger partial charge is 0.497 e. The van der Waals surface area contributed by atoms with Gasteiger partial charge in [0.05, 0.1) is 7.11 Å². The van der Waals surface area contributed by atoms with Gasteiger partial charge in [-0.2, -0.15) is 0 Å². The number of carbonyl (C=O) groups is 2. The quantitative estimate of drug-likeness (QED) is 0.782. The van der Waals surface area contributed by atoms with Crippen LogP contribution in [0.5, 0.6) is 5.75 Å². The van der Waals surface area contributed by atoms with Gasteiger partial charge in [0, 0.05) is 30.5 Å². The van der Waals surface area contributed by atoms with Gasteiger partial charge in [-0.15, -0.1) is 0 Å². The van der Waals surface area contributed by atoms with E-state index < -0.39 is 22.8 Å². The summed E-state index contributed by atoms with van der Waals surface area (Å²) in [5.41, 5.74) is -0.334. The Morgan fingerprint density at radius 1 is 1.03 bits per heavy atom. The minimum absolute atomic E-state index is 0.0232. The predicted octanol–water partition coefficient (Wildman–Crippen LogP) is 2.90. The molecule has 2 aromatic rings. The molecule has 0 atom stereocenters. The third-order valence-electron chi connectivity index (χ3n) is 4.23. The molecular weight excluding hydrogens is 370 g/mol. The summed E-state index contributed by atoms with van der Waals surface area (Å²) in [5.74, 6) is -0.301. The molecule has 0 radical (unpaired) electrons. The van der Waals surface area contributed by atoms with E-state index >= 15 is 0 Å². The maximum Gasteiger partial charge on any atom is 0.257 e. The zero-order chi connectivity index (χ0) is 21.8. The topological polar surface area (TPSA) is 89.4 Å². The summed E-state index contributed by atoms with van der Waals surface area (Å²) in [5, 5.41) is 5.53. The van der Waals surface area contributed by atoms with E-state index in [2.05, 4.69) is 10.6 Å². The number of nitrogens with zero attached hydrogens (tertiary/aromatic N) is 1. The van der Waals surface area contributed by atoms with E-state index in [1.54, 1.807) is 23.8 Å². The van der Waals surface area contributed by atoms with Crippen LogP contribution in [0, 0.1) is 0 Å². The van der Waals surface area contributed by atoms with Gasteiger partial charge >= 0.3 is 0 Å². The standard InChI is InChI=1S/C22H29N3O4/c1-14(2)25-12-17(19(26)18(13-25)21(28)24-22(3,4)5)20(27)23-11-15-7-9-16(29-6)10-8-15/h7-10,12-14H,11H2,1-6H3,(H,23,27)(H,24,28). The summed E-state index contributed by atoms with van der Waals surface area (Å²) in [7, 11) is 1.58. The van der Waals surface area contributed by atoms with Crippen molar-refractivity contribution in [3.05, 3.63) is 63.6 Å². The average Bonchev–Trinajstić information content (AvgIpc) is 2.65. The molecule has 2 N–H and O–H groups in total. The minimum atomic E-state index is -0.587. The van der Waals surface area contributed by atoms with E-state index in [0.717, 1.165) is 11.3 Å². The van der Waals surface area contributed by atoms with Crippen LogP contribution in [-0.2, 0) is 6.54 Å². The number of nitrogens with one attached hydrogen (secondary N) is 2. The first-order valence-corrected chi connectivity index (χ1v) is 9.51. The third-order valence-corrected chi connectivity index (χ3v) is 4.23. The second kappa shape index (κ2) is 8.94. The molecular formula is C22H29N3O4. The van der Waals surface area contributed by atoms with Crippen LogP contribution in [0.2, 0.25) is 0 Å². The van der Waals surface area contributed by atoms with Gasteiger partial charge < -0.3 is 19.9 Å². The van der Waals surface area contributed by atoms with Crippen molar-refractivity contribution in [2.45, 2.75) is 52.7 Å². The summed E-state index contributed by atoms with van der Waals surface area (Å²) < 4.78 is 6.81. The van der Waals surface area contributed by atoms with E-state index in [4.69, 9.17) is 4.74 Å². The van der Waals surface area contributed by atoms with Crippen LogP contribution < -0.4 is 20.8 Å². The van der Waals surface area contributed by atoms with E-state index in [-0.39, 0.29) is 23.7 Å². The molecule has 0 unspecified atom stereocenters. The Hall–Kier alpha value is -3.09. The number of rotatable bonds is 6. The molecule has 2 amide bonds. The van der Waals surface area contributed by atoms with Crippen LogP contribution in [0.25, 0.3) is 0 Å². The van der Waals surface area contributed by atoms with Gasteiger partial charge in [-0.1, -0.05) is 12.1 Å². The van der Waals surface area contributed by atoms with Crippen molar-refractivity contribution >= 4 is 11.8 Å². The molecule has 2 rings (SSSR count). The van der Waals surface area contributed by atoms with Crippen molar-refractivity contribution in [2.24, 2.45) is 0 Å². The second-order valence-corrected chi connectivity index (χ2v) is 8.19. The van der Waals surface area contributed by atoms with Crippen molar-refractivity contribution < 1.29 is 14.3 Å². The normalized spacial score (nSPS) is 11.3. The molecule has 0 spiro atoms. The number of aromatic nitrogens is 1. The average molecular weight is 399 g/mol. The molecule has 1 aromatic carbocycles. The van der Waals surface area contributed by atoms with Crippen molar-refractivity contribution in [3.8, 4) is 5.75 Å². The molecule has 0 aliphatic rings. The fourth-order valence-corrected chi connectivity index (χ4v) is 2.65. The predicted molar refractivity (Wildman–Crippen MR) is 112 cm³/mol. The van der Waals surface area contributed by atoms with Gasteiger partial charge in [0.25, 0.3) is 11.8 Å². The van der Waals surface area contributed by atoms with Crippen LogP contribution >= 0.6 is 0 Å². The second-order valence-electron chi connectivity index (χ2n) is 8.19. The molecule has 1 aromatic heterocycles. The molecule has 7 nitrogen and oxygen atoms in total. The van der Waals surface area contributed by atoms with Crippen LogP contribution in [0.1, 0.15) is 66.9 Å². The molecule has 0 bridgehead atoms. The first-order valence-electron chi connectivity index (χ1n) is 9.51. The number of carbonyl (C=O) groups excluding carboxylic acids is 2. The number of amides is 2. The van der Waals surface area contributed by atoms with Gasteiger partial charge in [-0.3, -0.25) is 14.4 Å². The molecule has 156 valence electrons. The lowest BCUT2D eigenvalue weighted by atomic mass is 10.1. The van der Waals surface area contributed by atoms with Gasteiger partial charge in [-0.05, 0) is 52.3 Å². The Balaban J connectivity index is 2.30. The number of hydrogen-bond acceptors (Lipinski definition) is 4. The fraction of sp³-hybridized carbons (Fsp3) is 0.409. The number of benzene rings is 1. The highest BCUT2D eigenvalue weighted by molar-refractivity contribution is 5.99. The Kier molecular flexibility index (Phi) is 6.84. The van der Waals surface area contributed by atoms with Crippen LogP contribution in [0.4, 0.5) is 0 Å². The smallest absolute Gasteiger partial charge is 0.257 e. The maximum absolute atomic E-state index is 12.9. The van der Waals surface area contributed by atoms with Crippen molar-refractivity contribution in [2.75, 3.05) is 7.11 Å². The lowest BCUT2D eigenvalue weighted by Crippen LogP contribution is -2.43. The van der Waals surface area contributed by atoms with Gasteiger partial charge in [0.2, 0.25) is 5.43 Å². The summed E-state index contributed by atoms with van der Waals surface area (Å²) in [4.78, 5) is 38.2. The monoisotopic (exact) mass is 399 g/mol. The SMILES string of the molecule is COc1ccc(CNC(=O)c2cn(C(C)C)cc(C(=O)NC(C)(C)C)c2=O)cc1. The first kappa shape index (κ1) is 22.2. The summed E-state index contributed by atoms with van der Waals surface area (Å²) in [6.07, 6.45) is 2.98. The molecule has 0 aliphatic carbocycles. The molecule has 0 aliphatic heterocycles. The molecule has 7 heteroatoms. The number of pyridine rings is 1. The molecule has 0 saturated carbocycles. The van der Waals surface area contributed by atoms with Crippen LogP contribution in [0.15, 0.2) is 41.5 Å². The van der Waals surface area contributed by atoms with E-state index in [1.165, 1.54) is 12.4 Å². The highest BCUT2D eigenvalue weighted by Gasteiger charge is 2.22. The minimum Gasteiger partial charge on any atom is -0.497 e. The zero-order valence-electron chi connectivity index (χ0n) is 17.8. The molecule has 0 saturated heterocycles. The maximum atomic E-state index is 12.9. The Labute approximate surface area is 171 Å². The van der Waals surface area contributed by atoms with Gasteiger partial charge in [-0.25, -0.2) is 0 Å². The van der Waals surface area contributed by atoms with Crippen LogP contribution in [-0.4, -0.2) is 29.0 Å². The lowest BCUT2D eigenvalue weighted by Gasteiger charge is -2.21. The first-order chi connectivity index (χ1) is 13.5. The summed E-state index contributed by atoms with van der Waals surface area (Å²) in [6, 6.07) is 7.23. The highest BCUT2D eigenvalue weighted by atomic mass is 16.5. The molecule has 1 heterocycles. The van der Waals surface area contributed by atoms with Gasteiger partial charge in [0.1, 0.15) is 16.9 Å². The Bertz CT molecular complexity index is 938. The fourth-order valence-electron chi connectivity index (χ4n) is 2.65. The number of ether oxygens (including phenoxy) is 1. The van der Waals surface area contributed by atoms with Crippen molar-refractivity contribution in [3.63, 3.8) is 0 Å². The summed E-state index contributed by atoms with van der Waals surface area (Å²) >= 11 is 0. The Morgan fingerprint density at radius 3 is 2.07 bits per heavy atom. The van der Waals surface area contributed by atoms with Crippen molar-refractivity contribution in [1.82, 2.24) is 15.2 Å². The van der Waals surface area contributed by atoms with Crippen molar-refractivity contribution in [1.29, 1.82) is 0 Å². The van der Waals surface area contributed by atoms with Crippen LogP contribution in [0.3, 0.4) is 0 Å². The lowest BCUT2D eigenvalue weighted by molar-refractivity contribution is 0.0917.